The van der Waals surface area contributed by atoms with Crippen molar-refractivity contribution in [3.05, 3.63) is 52.5 Å². The van der Waals surface area contributed by atoms with Gasteiger partial charge in [0.25, 0.3) is 0 Å². The molecule has 0 radical (unpaired) electrons. The van der Waals surface area contributed by atoms with Gasteiger partial charge in [0.05, 0.1) is 16.1 Å². The van der Waals surface area contributed by atoms with Crippen LogP contribution in [0.25, 0.3) is 22.4 Å². The SMILES string of the molecule is CCCCn1c(-c2ccc(Cl)cc2Cl)nc2ccccc21. The summed E-state index contributed by atoms with van der Waals surface area (Å²) >= 11 is 12.4. The topological polar surface area (TPSA) is 17.8 Å². The van der Waals surface area contributed by atoms with Gasteiger partial charge >= 0.3 is 0 Å². The van der Waals surface area contributed by atoms with Crippen LogP contribution in [0.2, 0.25) is 10.0 Å². The minimum absolute atomic E-state index is 0.635. The molecule has 0 atom stereocenters. The molecule has 21 heavy (non-hydrogen) atoms. The molecule has 108 valence electrons. The van der Waals surface area contributed by atoms with Crippen LogP contribution in [-0.2, 0) is 6.54 Å². The van der Waals surface area contributed by atoms with E-state index < -0.39 is 0 Å². The van der Waals surface area contributed by atoms with Crippen LogP contribution in [0.5, 0.6) is 0 Å². The smallest absolute Gasteiger partial charge is 0.142 e. The van der Waals surface area contributed by atoms with Crippen LogP contribution < -0.4 is 0 Å². The van der Waals surface area contributed by atoms with Gasteiger partial charge in [-0.15, -0.1) is 0 Å². The molecular formula is C17H16Cl2N2. The monoisotopic (exact) mass is 318 g/mol. The Hall–Kier alpha value is -1.51. The number of para-hydroxylation sites is 2. The van der Waals surface area contributed by atoms with Gasteiger partial charge in [-0.3, -0.25) is 0 Å². The Morgan fingerprint density at radius 2 is 1.90 bits per heavy atom. The second kappa shape index (κ2) is 6.08. The van der Waals surface area contributed by atoms with Crippen LogP contribution in [-0.4, -0.2) is 9.55 Å². The fourth-order valence-electron chi connectivity index (χ4n) is 2.49. The molecule has 0 saturated carbocycles. The van der Waals surface area contributed by atoms with Crippen molar-refractivity contribution in [2.75, 3.05) is 0 Å². The minimum atomic E-state index is 0.635. The molecule has 0 spiro atoms. The predicted octanol–water partition coefficient (Wildman–Crippen LogP) is 5.81. The molecular weight excluding hydrogens is 303 g/mol. The highest BCUT2D eigenvalue weighted by Gasteiger charge is 2.14. The first kappa shape index (κ1) is 14.4. The van der Waals surface area contributed by atoms with E-state index in [1.165, 1.54) is 0 Å². The number of unbranched alkanes of at least 4 members (excludes halogenated alkanes) is 1. The zero-order valence-corrected chi connectivity index (χ0v) is 13.3. The van der Waals surface area contributed by atoms with Crippen molar-refractivity contribution in [2.45, 2.75) is 26.3 Å². The number of benzene rings is 2. The van der Waals surface area contributed by atoms with Crippen molar-refractivity contribution in [1.82, 2.24) is 9.55 Å². The van der Waals surface area contributed by atoms with Crippen molar-refractivity contribution in [2.24, 2.45) is 0 Å². The van der Waals surface area contributed by atoms with E-state index in [0.717, 1.165) is 41.8 Å². The quantitative estimate of drug-likeness (QED) is 0.593. The maximum absolute atomic E-state index is 6.36. The van der Waals surface area contributed by atoms with Gasteiger partial charge in [0, 0.05) is 17.1 Å². The highest BCUT2D eigenvalue weighted by Crippen LogP contribution is 2.32. The number of rotatable bonds is 4. The van der Waals surface area contributed by atoms with Gasteiger partial charge in [-0.1, -0.05) is 48.7 Å². The Morgan fingerprint density at radius 3 is 2.67 bits per heavy atom. The lowest BCUT2D eigenvalue weighted by molar-refractivity contribution is 0.651. The van der Waals surface area contributed by atoms with Gasteiger partial charge in [0.2, 0.25) is 0 Å². The first-order valence-corrected chi connectivity index (χ1v) is 7.87. The Kier molecular flexibility index (Phi) is 4.18. The number of halogens is 2. The van der Waals surface area contributed by atoms with E-state index in [1.54, 1.807) is 6.07 Å². The van der Waals surface area contributed by atoms with Crippen LogP contribution in [0.1, 0.15) is 19.8 Å². The second-order valence-corrected chi connectivity index (χ2v) is 5.90. The lowest BCUT2D eigenvalue weighted by Gasteiger charge is -2.10. The minimum Gasteiger partial charge on any atom is -0.324 e. The molecule has 4 heteroatoms. The zero-order chi connectivity index (χ0) is 14.8. The molecule has 3 aromatic rings. The highest BCUT2D eigenvalue weighted by molar-refractivity contribution is 6.36. The Morgan fingerprint density at radius 1 is 1.10 bits per heavy atom. The third kappa shape index (κ3) is 2.78. The van der Waals surface area contributed by atoms with Crippen LogP contribution in [0.4, 0.5) is 0 Å². The number of hydrogen-bond donors (Lipinski definition) is 0. The van der Waals surface area contributed by atoms with Crippen LogP contribution >= 0.6 is 23.2 Å². The van der Waals surface area contributed by atoms with Crippen molar-refractivity contribution in [1.29, 1.82) is 0 Å². The maximum Gasteiger partial charge on any atom is 0.142 e. The summed E-state index contributed by atoms with van der Waals surface area (Å²) in [6, 6.07) is 13.7. The van der Waals surface area contributed by atoms with Gasteiger partial charge in [-0.2, -0.15) is 0 Å². The summed E-state index contributed by atoms with van der Waals surface area (Å²) in [7, 11) is 0. The van der Waals surface area contributed by atoms with Crippen LogP contribution in [0.15, 0.2) is 42.5 Å². The number of nitrogens with zero attached hydrogens (tertiary/aromatic N) is 2. The lowest BCUT2D eigenvalue weighted by atomic mass is 10.2. The van der Waals surface area contributed by atoms with Gasteiger partial charge < -0.3 is 4.57 Å². The average molecular weight is 319 g/mol. The van der Waals surface area contributed by atoms with E-state index >= 15 is 0 Å². The largest absolute Gasteiger partial charge is 0.324 e. The highest BCUT2D eigenvalue weighted by atomic mass is 35.5. The molecule has 0 aliphatic carbocycles. The molecule has 1 heterocycles. The molecule has 0 aliphatic heterocycles. The summed E-state index contributed by atoms with van der Waals surface area (Å²) < 4.78 is 2.24. The second-order valence-electron chi connectivity index (χ2n) is 5.05. The van der Waals surface area contributed by atoms with E-state index in [0.29, 0.717) is 10.0 Å². The van der Waals surface area contributed by atoms with Gasteiger partial charge in [-0.05, 0) is 36.8 Å². The number of fused-ring (bicyclic) bond motifs is 1. The molecule has 0 aliphatic rings. The van der Waals surface area contributed by atoms with Gasteiger partial charge in [0.15, 0.2) is 0 Å². The van der Waals surface area contributed by atoms with Crippen molar-refractivity contribution in [3.8, 4) is 11.4 Å². The summed E-state index contributed by atoms with van der Waals surface area (Å²) in [4.78, 5) is 4.76. The van der Waals surface area contributed by atoms with Crippen LogP contribution in [0, 0.1) is 0 Å². The molecule has 0 fully saturated rings. The van der Waals surface area contributed by atoms with Crippen LogP contribution in [0.3, 0.4) is 0 Å². The molecule has 3 rings (SSSR count). The van der Waals surface area contributed by atoms with Crippen molar-refractivity contribution >= 4 is 34.2 Å². The normalized spacial score (nSPS) is 11.2. The van der Waals surface area contributed by atoms with E-state index in [-0.39, 0.29) is 0 Å². The molecule has 2 aromatic carbocycles. The van der Waals surface area contributed by atoms with Gasteiger partial charge in [-0.25, -0.2) is 4.98 Å². The Balaban J connectivity index is 2.20. The van der Waals surface area contributed by atoms with E-state index in [9.17, 15) is 0 Å². The zero-order valence-electron chi connectivity index (χ0n) is 11.8. The first-order chi connectivity index (χ1) is 10.2. The Bertz CT molecular complexity index is 778. The molecule has 0 unspecified atom stereocenters. The van der Waals surface area contributed by atoms with E-state index in [4.69, 9.17) is 28.2 Å². The fraction of sp³-hybridized carbons (Fsp3) is 0.235. The number of aryl methyl sites for hydroxylation is 1. The summed E-state index contributed by atoms with van der Waals surface area (Å²) in [5.74, 6) is 0.909. The van der Waals surface area contributed by atoms with Crippen molar-refractivity contribution < 1.29 is 0 Å². The number of imidazole rings is 1. The number of aromatic nitrogens is 2. The van der Waals surface area contributed by atoms with Gasteiger partial charge in [0.1, 0.15) is 5.82 Å². The Labute approximate surface area is 134 Å². The fourth-order valence-corrected chi connectivity index (χ4v) is 2.99. The molecule has 0 bridgehead atoms. The first-order valence-electron chi connectivity index (χ1n) is 7.11. The molecule has 0 saturated heterocycles. The maximum atomic E-state index is 6.36. The third-order valence-corrected chi connectivity index (χ3v) is 4.11. The summed E-state index contributed by atoms with van der Waals surface area (Å²) in [5.41, 5.74) is 3.06. The molecule has 1 aromatic heterocycles. The summed E-state index contributed by atoms with van der Waals surface area (Å²) in [6.07, 6.45) is 2.25. The van der Waals surface area contributed by atoms with E-state index in [1.807, 2.05) is 30.3 Å². The average Bonchev–Trinajstić information content (AvgIpc) is 2.83. The standard InChI is InChI=1S/C17H16Cl2N2/c1-2-3-10-21-16-7-5-4-6-15(16)20-17(21)13-9-8-12(18)11-14(13)19/h4-9,11H,2-3,10H2,1H3. The summed E-state index contributed by atoms with van der Waals surface area (Å²) in [6.45, 7) is 3.12. The third-order valence-electron chi connectivity index (χ3n) is 3.56. The lowest BCUT2D eigenvalue weighted by Crippen LogP contribution is -2.00. The molecule has 2 nitrogen and oxygen atoms in total. The van der Waals surface area contributed by atoms with E-state index in [2.05, 4.69) is 17.6 Å². The molecule has 0 amide bonds. The van der Waals surface area contributed by atoms with Crippen molar-refractivity contribution in [3.63, 3.8) is 0 Å². The summed E-state index contributed by atoms with van der Waals surface area (Å²) in [5, 5.41) is 1.27. The predicted molar refractivity (Wildman–Crippen MR) is 90.1 cm³/mol. The molecule has 0 N–H and O–H groups in total. The number of hydrogen-bond acceptors (Lipinski definition) is 1.